The summed E-state index contributed by atoms with van der Waals surface area (Å²) >= 11 is 2.33. The second-order valence-electron chi connectivity index (χ2n) is 2.47. The lowest BCUT2D eigenvalue weighted by Gasteiger charge is -2.34. The Kier molecular flexibility index (Phi) is 1.65. The lowest BCUT2D eigenvalue weighted by molar-refractivity contribution is 0.228. The van der Waals surface area contributed by atoms with E-state index in [1.165, 1.54) is 0 Å². The molecule has 2 heterocycles. The molecule has 0 unspecified atom stereocenters. The van der Waals surface area contributed by atoms with Gasteiger partial charge in [0.1, 0.15) is 0 Å². The van der Waals surface area contributed by atoms with Crippen molar-refractivity contribution in [1.82, 2.24) is 12.9 Å². The molecule has 0 N–H and O–H groups in total. The van der Waals surface area contributed by atoms with Gasteiger partial charge in [0, 0.05) is 48.3 Å². The van der Waals surface area contributed by atoms with Gasteiger partial charge in [0.15, 0.2) is 0 Å². The van der Waals surface area contributed by atoms with E-state index in [9.17, 15) is 0 Å². The molecule has 0 spiro atoms. The summed E-state index contributed by atoms with van der Waals surface area (Å²) in [6, 6.07) is 2.59. The Bertz CT molecular complexity index is 203. The van der Waals surface area contributed by atoms with E-state index >= 15 is 0 Å². The molecule has 10 heavy (non-hydrogen) atoms. The fraction of sp³-hybridized carbons (Fsp3) is 0.500. The molecule has 1 aromatic heterocycles. The molecule has 1 fully saturated rings. The third kappa shape index (κ3) is 1.05. The molecule has 0 aromatic carbocycles. The van der Waals surface area contributed by atoms with Crippen LogP contribution in [-0.2, 0) is 0 Å². The van der Waals surface area contributed by atoms with Crippen molar-refractivity contribution in [1.29, 1.82) is 0 Å². The van der Waals surface area contributed by atoms with Gasteiger partial charge < -0.3 is 0 Å². The van der Waals surface area contributed by atoms with Crippen LogP contribution in [0.5, 0.6) is 0 Å². The van der Waals surface area contributed by atoms with Crippen molar-refractivity contribution in [3.8, 4) is 0 Å². The van der Waals surface area contributed by atoms with E-state index in [2.05, 4.69) is 31.1 Å². The van der Waals surface area contributed by atoms with Crippen molar-refractivity contribution in [2.45, 2.75) is 6.04 Å². The van der Waals surface area contributed by atoms with E-state index < -0.39 is 0 Å². The third-order valence-electron chi connectivity index (χ3n) is 1.72. The topological polar surface area (TPSA) is 21.1 Å². The van der Waals surface area contributed by atoms with Crippen LogP contribution in [0.15, 0.2) is 18.5 Å². The van der Waals surface area contributed by atoms with Crippen molar-refractivity contribution < 1.29 is 0 Å². The number of halogens is 1. The van der Waals surface area contributed by atoms with E-state index in [0.717, 1.165) is 13.1 Å². The first kappa shape index (κ1) is 6.60. The highest BCUT2D eigenvalue weighted by Gasteiger charge is 2.25. The van der Waals surface area contributed by atoms with Gasteiger partial charge in [0.25, 0.3) is 0 Å². The Morgan fingerprint density at radius 2 is 2.30 bits per heavy atom. The molecule has 0 saturated carbocycles. The molecule has 0 radical (unpaired) electrons. The Morgan fingerprint density at radius 3 is 2.80 bits per heavy atom. The molecule has 2 rings (SSSR count). The molecule has 0 aliphatic carbocycles. The van der Waals surface area contributed by atoms with Crippen molar-refractivity contribution >= 4 is 22.9 Å². The number of rotatable bonds is 1. The van der Waals surface area contributed by atoms with Crippen molar-refractivity contribution in [2.75, 3.05) is 13.1 Å². The van der Waals surface area contributed by atoms with Gasteiger partial charge in [0.2, 0.25) is 0 Å². The first-order valence-corrected chi connectivity index (χ1v) is 4.22. The zero-order chi connectivity index (χ0) is 6.97. The highest BCUT2D eigenvalue weighted by molar-refractivity contribution is 14.1. The highest BCUT2D eigenvalue weighted by atomic mass is 127. The summed E-state index contributed by atoms with van der Waals surface area (Å²) in [7, 11) is 0. The summed E-state index contributed by atoms with van der Waals surface area (Å²) in [5.74, 6) is 0. The van der Waals surface area contributed by atoms with E-state index in [0.29, 0.717) is 6.04 Å². The lowest BCUT2D eigenvalue weighted by Crippen LogP contribution is -2.41. The summed E-state index contributed by atoms with van der Waals surface area (Å²) in [4.78, 5) is 0. The van der Waals surface area contributed by atoms with Gasteiger partial charge in [-0.3, -0.25) is 4.68 Å². The van der Waals surface area contributed by atoms with Gasteiger partial charge >= 0.3 is 0 Å². The van der Waals surface area contributed by atoms with Crippen LogP contribution in [0.4, 0.5) is 0 Å². The summed E-state index contributed by atoms with van der Waals surface area (Å²) in [6.07, 6.45) is 3.85. The Morgan fingerprint density at radius 1 is 1.50 bits per heavy atom. The fourth-order valence-electron chi connectivity index (χ4n) is 1.07. The minimum Gasteiger partial charge on any atom is -0.267 e. The molecule has 1 aromatic rings. The lowest BCUT2D eigenvalue weighted by atomic mass is 10.2. The summed E-state index contributed by atoms with van der Waals surface area (Å²) in [5, 5.41) is 4.16. The second-order valence-corrected chi connectivity index (χ2v) is 3.83. The number of nitrogens with zero attached hydrogens (tertiary/aromatic N) is 3. The SMILES string of the molecule is IN1CC(n2cccn2)C1. The van der Waals surface area contributed by atoms with Crippen molar-refractivity contribution in [2.24, 2.45) is 0 Å². The minimum absolute atomic E-state index is 0.617. The maximum Gasteiger partial charge on any atom is 0.0789 e. The molecule has 1 aliphatic heterocycles. The van der Waals surface area contributed by atoms with E-state index in [1.54, 1.807) is 0 Å². The van der Waals surface area contributed by atoms with E-state index in [1.807, 2.05) is 23.1 Å². The standard InChI is InChI=1S/C6H8IN3/c7-9-4-6(5-9)10-3-1-2-8-10/h1-3,6H,4-5H2. The predicted molar refractivity (Wildman–Crippen MR) is 46.9 cm³/mol. The number of hydrogen-bond acceptors (Lipinski definition) is 2. The van der Waals surface area contributed by atoms with Crippen LogP contribution in [0.25, 0.3) is 0 Å². The Balaban J connectivity index is 2.04. The monoisotopic (exact) mass is 249 g/mol. The minimum atomic E-state index is 0.617. The maximum atomic E-state index is 4.16. The molecule has 3 nitrogen and oxygen atoms in total. The van der Waals surface area contributed by atoms with Crippen LogP contribution in [-0.4, -0.2) is 26.0 Å². The van der Waals surface area contributed by atoms with Crippen LogP contribution in [0.2, 0.25) is 0 Å². The summed E-state index contributed by atoms with van der Waals surface area (Å²) < 4.78 is 4.28. The van der Waals surface area contributed by atoms with Gasteiger partial charge in [-0.1, -0.05) is 0 Å². The predicted octanol–water partition coefficient (Wildman–Crippen LogP) is 1.09. The summed E-state index contributed by atoms with van der Waals surface area (Å²) in [5.41, 5.74) is 0. The molecule has 0 bridgehead atoms. The van der Waals surface area contributed by atoms with Gasteiger partial charge in [-0.15, -0.1) is 0 Å². The molecule has 1 saturated heterocycles. The molecule has 54 valence electrons. The molecular formula is C6H8IN3. The van der Waals surface area contributed by atoms with Crippen LogP contribution < -0.4 is 0 Å². The quantitative estimate of drug-likeness (QED) is 0.548. The average molecular weight is 249 g/mol. The number of hydrogen-bond donors (Lipinski definition) is 0. The Labute approximate surface area is 73.5 Å². The largest absolute Gasteiger partial charge is 0.267 e. The van der Waals surface area contributed by atoms with E-state index in [-0.39, 0.29) is 0 Å². The second kappa shape index (κ2) is 2.50. The first-order chi connectivity index (χ1) is 4.86. The zero-order valence-electron chi connectivity index (χ0n) is 5.44. The molecule has 0 atom stereocenters. The van der Waals surface area contributed by atoms with Crippen LogP contribution in [0.1, 0.15) is 6.04 Å². The molecule has 1 aliphatic rings. The van der Waals surface area contributed by atoms with Crippen LogP contribution >= 0.6 is 22.9 Å². The van der Waals surface area contributed by atoms with Crippen LogP contribution in [0.3, 0.4) is 0 Å². The van der Waals surface area contributed by atoms with Gasteiger partial charge in [-0.2, -0.15) is 5.10 Å². The number of aromatic nitrogens is 2. The van der Waals surface area contributed by atoms with E-state index in [4.69, 9.17) is 0 Å². The average Bonchev–Trinajstić information content (AvgIpc) is 2.31. The van der Waals surface area contributed by atoms with Crippen molar-refractivity contribution in [3.05, 3.63) is 18.5 Å². The van der Waals surface area contributed by atoms with Crippen LogP contribution in [0, 0.1) is 0 Å². The summed E-state index contributed by atoms with van der Waals surface area (Å²) in [6.45, 7) is 2.25. The molecule has 4 heteroatoms. The maximum absolute atomic E-state index is 4.16. The fourth-order valence-corrected chi connectivity index (χ4v) is 1.98. The van der Waals surface area contributed by atoms with Gasteiger partial charge in [0.05, 0.1) is 6.04 Å². The zero-order valence-corrected chi connectivity index (χ0v) is 7.60. The van der Waals surface area contributed by atoms with Crippen molar-refractivity contribution in [3.63, 3.8) is 0 Å². The smallest absolute Gasteiger partial charge is 0.0789 e. The first-order valence-electron chi connectivity index (χ1n) is 3.26. The van der Waals surface area contributed by atoms with Gasteiger partial charge in [-0.25, -0.2) is 3.11 Å². The molecule has 0 amide bonds. The molecular weight excluding hydrogens is 241 g/mol. The third-order valence-corrected chi connectivity index (χ3v) is 2.50. The normalized spacial score (nSPS) is 20.9. The van der Waals surface area contributed by atoms with Gasteiger partial charge in [-0.05, 0) is 6.07 Å². The highest BCUT2D eigenvalue weighted by Crippen LogP contribution is 2.22. The Hall–Kier alpha value is -0.100.